The van der Waals surface area contributed by atoms with Crippen molar-refractivity contribution in [1.29, 1.82) is 0 Å². The Bertz CT molecular complexity index is 391. The van der Waals surface area contributed by atoms with Crippen LogP contribution in [0.2, 0.25) is 0 Å². The third-order valence-electron chi connectivity index (χ3n) is 2.38. The van der Waals surface area contributed by atoms with Crippen LogP contribution in [-0.2, 0) is 4.79 Å². The van der Waals surface area contributed by atoms with E-state index in [9.17, 15) is 4.79 Å². The Labute approximate surface area is 101 Å². The number of hydrogen-bond acceptors (Lipinski definition) is 3. The van der Waals surface area contributed by atoms with Crippen molar-refractivity contribution in [2.45, 2.75) is 24.0 Å². The minimum atomic E-state index is -0.112. The molecule has 0 saturated carbocycles. The molecule has 3 nitrogen and oxygen atoms in total. The largest absolute Gasteiger partial charge is 0.398 e. The summed E-state index contributed by atoms with van der Waals surface area (Å²) in [6, 6.07) is 5.88. The van der Waals surface area contributed by atoms with E-state index >= 15 is 0 Å². The van der Waals surface area contributed by atoms with Crippen LogP contribution in [0.4, 0.5) is 5.69 Å². The number of nitrogen functional groups attached to an aromatic ring is 1. The second-order valence-electron chi connectivity index (χ2n) is 3.98. The van der Waals surface area contributed by atoms with Gasteiger partial charge in [-0.15, -0.1) is 11.8 Å². The van der Waals surface area contributed by atoms with Gasteiger partial charge < -0.3 is 10.6 Å². The van der Waals surface area contributed by atoms with E-state index in [0.717, 1.165) is 16.1 Å². The lowest BCUT2D eigenvalue weighted by Gasteiger charge is -2.17. The maximum atomic E-state index is 11.7. The van der Waals surface area contributed by atoms with Crippen molar-refractivity contribution in [2.75, 3.05) is 19.8 Å². The fraction of sp³-hybridized carbons (Fsp3) is 0.417. The van der Waals surface area contributed by atoms with Crippen molar-refractivity contribution in [2.24, 2.45) is 0 Å². The number of carbonyl (C=O) groups excluding carboxylic acids is 1. The molecule has 0 spiro atoms. The highest BCUT2D eigenvalue weighted by molar-refractivity contribution is 8.00. The molecule has 0 aromatic heterocycles. The lowest BCUT2D eigenvalue weighted by Crippen LogP contribution is -2.29. The minimum absolute atomic E-state index is 0.103. The molecule has 4 heteroatoms. The number of nitrogens with zero attached hydrogens (tertiary/aromatic N) is 1. The van der Waals surface area contributed by atoms with Crippen molar-refractivity contribution in [1.82, 2.24) is 4.90 Å². The van der Waals surface area contributed by atoms with Gasteiger partial charge in [0.05, 0.1) is 5.25 Å². The van der Waals surface area contributed by atoms with E-state index in [2.05, 4.69) is 0 Å². The highest BCUT2D eigenvalue weighted by Gasteiger charge is 2.17. The molecule has 1 aromatic carbocycles. The number of nitrogens with two attached hydrogens (primary N) is 1. The molecule has 1 unspecified atom stereocenters. The van der Waals surface area contributed by atoms with Gasteiger partial charge in [-0.3, -0.25) is 4.79 Å². The number of amides is 1. The Balaban J connectivity index is 2.81. The zero-order valence-corrected chi connectivity index (χ0v) is 11.0. The van der Waals surface area contributed by atoms with Gasteiger partial charge in [0.2, 0.25) is 5.91 Å². The summed E-state index contributed by atoms with van der Waals surface area (Å²) in [6.45, 7) is 3.87. The van der Waals surface area contributed by atoms with Crippen LogP contribution in [0.3, 0.4) is 0 Å². The topological polar surface area (TPSA) is 46.3 Å². The molecule has 0 heterocycles. The molecule has 1 rings (SSSR count). The number of hydrogen-bond donors (Lipinski definition) is 1. The van der Waals surface area contributed by atoms with E-state index in [1.807, 2.05) is 32.0 Å². The average molecular weight is 238 g/mol. The molecule has 0 bridgehead atoms. The van der Waals surface area contributed by atoms with Crippen LogP contribution >= 0.6 is 11.8 Å². The van der Waals surface area contributed by atoms with Gasteiger partial charge in [0.1, 0.15) is 0 Å². The van der Waals surface area contributed by atoms with E-state index in [4.69, 9.17) is 5.73 Å². The first-order valence-corrected chi connectivity index (χ1v) is 6.04. The fourth-order valence-electron chi connectivity index (χ4n) is 1.36. The van der Waals surface area contributed by atoms with Crippen LogP contribution in [0, 0.1) is 6.92 Å². The summed E-state index contributed by atoms with van der Waals surface area (Å²) >= 11 is 1.50. The Morgan fingerprint density at radius 1 is 1.44 bits per heavy atom. The van der Waals surface area contributed by atoms with Gasteiger partial charge in [0.15, 0.2) is 0 Å². The smallest absolute Gasteiger partial charge is 0.235 e. The van der Waals surface area contributed by atoms with Gasteiger partial charge in [0, 0.05) is 24.7 Å². The van der Waals surface area contributed by atoms with Crippen molar-refractivity contribution in [3.63, 3.8) is 0 Å². The average Bonchev–Trinajstić information content (AvgIpc) is 2.23. The Kier molecular flexibility index (Phi) is 4.24. The molecule has 0 saturated heterocycles. The molecule has 0 aliphatic carbocycles. The third-order valence-corrected chi connectivity index (χ3v) is 3.54. The monoisotopic (exact) mass is 238 g/mol. The van der Waals surface area contributed by atoms with Crippen molar-refractivity contribution < 1.29 is 4.79 Å². The number of anilines is 1. The highest BCUT2D eigenvalue weighted by Crippen LogP contribution is 2.31. The first-order chi connectivity index (χ1) is 7.43. The minimum Gasteiger partial charge on any atom is -0.398 e. The van der Waals surface area contributed by atoms with Crippen LogP contribution in [0.15, 0.2) is 23.1 Å². The zero-order chi connectivity index (χ0) is 12.3. The maximum absolute atomic E-state index is 11.7. The predicted molar refractivity (Wildman–Crippen MR) is 69.6 cm³/mol. The Morgan fingerprint density at radius 2 is 2.06 bits per heavy atom. The number of rotatable bonds is 3. The number of carbonyl (C=O) groups is 1. The van der Waals surface area contributed by atoms with Crippen LogP contribution < -0.4 is 5.73 Å². The van der Waals surface area contributed by atoms with E-state index < -0.39 is 0 Å². The first-order valence-electron chi connectivity index (χ1n) is 5.16. The summed E-state index contributed by atoms with van der Waals surface area (Å²) in [7, 11) is 3.53. The molecule has 1 atom stereocenters. The van der Waals surface area contributed by atoms with Gasteiger partial charge in [0.25, 0.3) is 0 Å². The second-order valence-corrected chi connectivity index (χ2v) is 5.36. The third kappa shape index (κ3) is 2.92. The van der Waals surface area contributed by atoms with Crippen molar-refractivity contribution in [3.8, 4) is 0 Å². The SMILES string of the molecule is Cc1cccc(SC(C)C(=O)N(C)C)c1N. The molecular weight excluding hydrogens is 220 g/mol. The number of thioether (sulfide) groups is 1. The van der Waals surface area contributed by atoms with Crippen LogP contribution in [0.5, 0.6) is 0 Å². The summed E-state index contributed by atoms with van der Waals surface area (Å²) in [5.41, 5.74) is 7.78. The standard InChI is InChI=1S/C12H18N2OS/c1-8-6-5-7-10(11(8)13)16-9(2)12(15)14(3)4/h5-7,9H,13H2,1-4H3. The van der Waals surface area contributed by atoms with Gasteiger partial charge in [-0.2, -0.15) is 0 Å². The summed E-state index contributed by atoms with van der Waals surface area (Å²) in [4.78, 5) is 14.3. The second kappa shape index (κ2) is 5.25. The molecule has 88 valence electrons. The molecule has 0 aliphatic heterocycles. The zero-order valence-electron chi connectivity index (χ0n) is 10.2. The van der Waals surface area contributed by atoms with Crippen molar-refractivity contribution >= 4 is 23.4 Å². The Hall–Kier alpha value is -1.16. The summed E-state index contributed by atoms with van der Waals surface area (Å²) in [5, 5.41) is -0.112. The summed E-state index contributed by atoms with van der Waals surface area (Å²) < 4.78 is 0. The number of aryl methyl sites for hydroxylation is 1. The molecule has 1 amide bonds. The van der Waals surface area contributed by atoms with Crippen LogP contribution in [-0.4, -0.2) is 30.2 Å². The van der Waals surface area contributed by atoms with Gasteiger partial charge in [-0.05, 0) is 25.5 Å². The number of benzene rings is 1. The van der Waals surface area contributed by atoms with Crippen molar-refractivity contribution in [3.05, 3.63) is 23.8 Å². The van der Waals surface area contributed by atoms with Crippen LogP contribution in [0.25, 0.3) is 0 Å². The fourth-order valence-corrected chi connectivity index (χ4v) is 2.50. The predicted octanol–water partition coefficient (Wildman–Crippen LogP) is 2.15. The first kappa shape index (κ1) is 12.9. The quantitative estimate of drug-likeness (QED) is 0.648. The Morgan fingerprint density at radius 3 is 2.62 bits per heavy atom. The normalized spacial score (nSPS) is 12.2. The van der Waals surface area contributed by atoms with E-state index in [1.165, 1.54) is 11.8 Å². The molecule has 0 radical (unpaired) electrons. The summed E-state index contributed by atoms with van der Waals surface area (Å²) in [5.74, 6) is 0.103. The lowest BCUT2D eigenvalue weighted by atomic mass is 10.2. The maximum Gasteiger partial charge on any atom is 0.235 e. The lowest BCUT2D eigenvalue weighted by molar-refractivity contribution is -0.127. The highest BCUT2D eigenvalue weighted by atomic mass is 32.2. The summed E-state index contributed by atoms with van der Waals surface area (Å²) in [6.07, 6.45) is 0. The molecule has 2 N–H and O–H groups in total. The van der Waals surface area contributed by atoms with E-state index in [0.29, 0.717) is 0 Å². The van der Waals surface area contributed by atoms with Gasteiger partial charge in [-0.25, -0.2) is 0 Å². The van der Waals surface area contributed by atoms with Gasteiger partial charge >= 0.3 is 0 Å². The molecule has 1 aromatic rings. The molecular formula is C12H18N2OS. The molecule has 0 aliphatic rings. The van der Waals surface area contributed by atoms with E-state index in [1.54, 1.807) is 19.0 Å². The van der Waals surface area contributed by atoms with Crippen LogP contribution in [0.1, 0.15) is 12.5 Å². The number of para-hydroxylation sites is 1. The molecule has 16 heavy (non-hydrogen) atoms. The molecule has 0 fully saturated rings. The van der Waals surface area contributed by atoms with Gasteiger partial charge in [-0.1, -0.05) is 12.1 Å². The van der Waals surface area contributed by atoms with E-state index in [-0.39, 0.29) is 11.2 Å².